The van der Waals surface area contributed by atoms with E-state index in [1.807, 2.05) is 24.3 Å². The number of aliphatic carboxylic acids is 1. The Morgan fingerprint density at radius 1 is 1.03 bits per heavy atom. The van der Waals surface area contributed by atoms with Gasteiger partial charge in [0.05, 0.1) is 13.2 Å². The van der Waals surface area contributed by atoms with Crippen LogP contribution in [0.15, 0.2) is 30.5 Å². The first-order valence-corrected chi connectivity index (χ1v) is 10.0. The average Bonchev–Trinajstić information content (AvgIpc) is 3.17. The Bertz CT molecular complexity index is 949. The van der Waals surface area contributed by atoms with Crippen LogP contribution in [0, 0.1) is 0 Å². The first kappa shape index (κ1) is 24.2. The molecule has 0 saturated carbocycles. The van der Waals surface area contributed by atoms with Crippen LogP contribution in [0.3, 0.4) is 0 Å². The van der Waals surface area contributed by atoms with Crippen LogP contribution < -0.4 is 21.7 Å². The molecule has 0 spiro atoms. The third-order valence-electron chi connectivity index (χ3n) is 4.55. The zero-order valence-corrected chi connectivity index (χ0v) is 17.4. The Balaban J connectivity index is 2.16. The Hall–Kier alpha value is -3.09. The lowest BCUT2D eigenvalue weighted by atomic mass is 10.0. The molecule has 3 atom stereocenters. The van der Waals surface area contributed by atoms with Gasteiger partial charge in [-0.05, 0) is 11.6 Å². The molecule has 31 heavy (non-hydrogen) atoms. The molecule has 1 aromatic carbocycles. The third-order valence-corrected chi connectivity index (χ3v) is 4.91. The summed E-state index contributed by atoms with van der Waals surface area (Å²) in [5, 5.41) is 26.4. The molecule has 2 rings (SSSR count). The molecule has 0 radical (unpaired) electrons. The number of carbonyl (C=O) groups is 4. The fourth-order valence-electron chi connectivity index (χ4n) is 2.91. The number of hydrogen-bond donors (Lipinski definition) is 8. The van der Waals surface area contributed by atoms with Crippen molar-refractivity contribution in [2.24, 2.45) is 5.73 Å². The normalized spacial score (nSPS) is 13.8. The minimum Gasteiger partial charge on any atom is -0.480 e. The average molecular weight is 452 g/mol. The Morgan fingerprint density at radius 2 is 1.68 bits per heavy atom. The lowest BCUT2D eigenvalue weighted by molar-refractivity contribution is -0.141. The number of H-pyrrole nitrogens is 1. The summed E-state index contributed by atoms with van der Waals surface area (Å²) in [6.45, 7) is -1.12. The number of amides is 3. The molecule has 2 aromatic rings. The number of para-hydroxylation sites is 1. The number of carboxylic acids is 1. The number of thiol groups is 1. The van der Waals surface area contributed by atoms with Gasteiger partial charge in [-0.25, -0.2) is 4.79 Å². The number of aliphatic hydroxyl groups is 1. The molecule has 0 bridgehead atoms. The summed E-state index contributed by atoms with van der Waals surface area (Å²) in [6, 6.07) is 3.60. The van der Waals surface area contributed by atoms with Crippen LogP contribution in [0.4, 0.5) is 0 Å². The van der Waals surface area contributed by atoms with Gasteiger partial charge in [0.25, 0.3) is 0 Å². The van der Waals surface area contributed by atoms with E-state index in [1.165, 1.54) is 0 Å². The number of carboxylic acid groups (broad SMARTS) is 1. The maximum absolute atomic E-state index is 12.8. The summed E-state index contributed by atoms with van der Waals surface area (Å²) in [6.07, 6.45) is 1.80. The first-order valence-electron chi connectivity index (χ1n) is 9.40. The maximum Gasteiger partial charge on any atom is 0.327 e. The van der Waals surface area contributed by atoms with Gasteiger partial charge in [-0.15, -0.1) is 0 Å². The van der Waals surface area contributed by atoms with Crippen LogP contribution in [0.1, 0.15) is 5.56 Å². The number of hydrogen-bond acceptors (Lipinski definition) is 7. The fraction of sp³-hybridized carbons (Fsp3) is 0.368. The largest absolute Gasteiger partial charge is 0.480 e. The standard InChI is InChI=1S/C19H25N5O6S/c20-6-16(26)22-13(5-10-7-21-12-4-2-1-3-11(10)12)17(27)23-14(8-25)18(28)24-15(9-31)19(29)30/h1-4,7,13-15,21,25,31H,5-6,8-9,20H2,(H,22,26)(H,23,27)(H,24,28)(H,29,30). The molecular weight excluding hydrogens is 426 g/mol. The number of carbonyl (C=O) groups excluding carboxylic acids is 3. The number of aromatic amines is 1. The highest BCUT2D eigenvalue weighted by atomic mass is 32.1. The minimum absolute atomic E-state index is 0.0930. The zero-order chi connectivity index (χ0) is 23.0. The van der Waals surface area contributed by atoms with Gasteiger partial charge < -0.3 is 36.9 Å². The van der Waals surface area contributed by atoms with E-state index in [2.05, 4.69) is 33.6 Å². The highest BCUT2D eigenvalue weighted by Gasteiger charge is 2.29. The molecule has 0 aliphatic rings. The van der Waals surface area contributed by atoms with E-state index in [1.54, 1.807) is 6.20 Å². The van der Waals surface area contributed by atoms with E-state index in [0.29, 0.717) is 0 Å². The second-order valence-corrected chi connectivity index (χ2v) is 7.08. The SMILES string of the molecule is NCC(=O)NC(Cc1c[nH]c2ccccc12)C(=O)NC(CO)C(=O)NC(CS)C(=O)O. The maximum atomic E-state index is 12.8. The van der Waals surface area contributed by atoms with Crippen molar-refractivity contribution in [3.8, 4) is 0 Å². The molecule has 11 nitrogen and oxygen atoms in total. The van der Waals surface area contributed by atoms with Crippen LogP contribution in [0.5, 0.6) is 0 Å². The second-order valence-electron chi connectivity index (χ2n) is 6.71. The number of fused-ring (bicyclic) bond motifs is 1. The molecular formula is C19H25N5O6S. The van der Waals surface area contributed by atoms with E-state index < -0.39 is 48.4 Å². The number of nitrogens with two attached hydrogens (primary N) is 1. The van der Waals surface area contributed by atoms with Crippen LogP contribution >= 0.6 is 12.6 Å². The molecule has 168 valence electrons. The van der Waals surface area contributed by atoms with Gasteiger partial charge in [0.15, 0.2) is 0 Å². The van der Waals surface area contributed by atoms with Crippen molar-refractivity contribution in [1.82, 2.24) is 20.9 Å². The molecule has 3 amide bonds. The van der Waals surface area contributed by atoms with Gasteiger partial charge in [-0.3, -0.25) is 14.4 Å². The Morgan fingerprint density at radius 3 is 2.29 bits per heavy atom. The van der Waals surface area contributed by atoms with Crippen molar-refractivity contribution in [2.45, 2.75) is 24.5 Å². The van der Waals surface area contributed by atoms with E-state index >= 15 is 0 Å². The fourth-order valence-corrected chi connectivity index (χ4v) is 3.15. The Labute approximate surface area is 183 Å². The molecule has 0 saturated heterocycles. The van der Waals surface area contributed by atoms with Crippen LogP contribution in [0.2, 0.25) is 0 Å². The predicted molar refractivity (Wildman–Crippen MR) is 115 cm³/mol. The predicted octanol–water partition coefficient (Wildman–Crippen LogP) is -1.87. The molecule has 3 unspecified atom stereocenters. The lowest BCUT2D eigenvalue weighted by Gasteiger charge is -2.23. The van der Waals surface area contributed by atoms with E-state index in [-0.39, 0.29) is 18.7 Å². The van der Waals surface area contributed by atoms with Crippen molar-refractivity contribution in [3.05, 3.63) is 36.0 Å². The molecule has 0 fully saturated rings. The number of nitrogens with one attached hydrogen (secondary N) is 4. The lowest BCUT2D eigenvalue weighted by Crippen LogP contribution is -2.58. The number of aromatic nitrogens is 1. The first-order chi connectivity index (χ1) is 14.8. The summed E-state index contributed by atoms with van der Waals surface area (Å²) < 4.78 is 0. The second kappa shape index (κ2) is 11.3. The summed E-state index contributed by atoms with van der Waals surface area (Å²) >= 11 is 3.85. The number of aliphatic hydroxyl groups excluding tert-OH is 1. The van der Waals surface area contributed by atoms with Crippen molar-refractivity contribution >= 4 is 47.2 Å². The van der Waals surface area contributed by atoms with E-state index in [9.17, 15) is 24.3 Å². The molecule has 8 N–H and O–H groups in total. The van der Waals surface area contributed by atoms with Crippen molar-refractivity contribution < 1.29 is 29.4 Å². The van der Waals surface area contributed by atoms with Gasteiger partial charge in [-0.2, -0.15) is 12.6 Å². The smallest absolute Gasteiger partial charge is 0.327 e. The monoisotopic (exact) mass is 451 g/mol. The van der Waals surface area contributed by atoms with Crippen molar-refractivity contribution in [1.29, 1.82) is 0 Å². The molecule has 0 aliphatic heterocycles. The Kier molecular flexibility index (Phi) is 8.85. The molecule has 1 heterocycles. The highest BCUT2D eigenvalue weighted by Crippen LogP contribution is 2.19. The van der Waals surface area contributed by atoms with Crippen LogP contribution in [-0.4, -0.2) is 75.9 Å². The molecule has 12 heteroatoms. The summed E-state index contributed by atoms with van der Waals surface area (Å²) in [5.74, 6) is -3.69. The van der Waals surface area contributed by atoms with Crippen molar-refractivity contribution in [3.63, 3.8) is 0 Å². The van der Waals surface area contributed by atoms with Gasteiger partial charge in [0.1, 0.15) is 18.1 Å². The van der Waals surface area contributed by atoms with E-state index in [0.717, 1.165) is 16.5 Å². The summed E-state index contributed by atoms with van der Waals surface area (Å²) in [5.41, 5.74) is 6.94. The zero-order valence-electron chi connectivity index (χ0n) is 16.5. The van der Waals surface area contributed by atoms with Crippen LogP contribution in [0.25, 0.3) is 10.9 Å². The number of benzene rings is 1. The van der Waals surface area contributed by atoms with Gasteiger partial charge in [0.2, 0.25) is 17.7 Å². The third kappa shape index (κ3) is 6.44. The topological polar surface area (TPSA) is 187 Å². The van der Waals surface area contributed by atoms with Crippen molar-refractivity contribution in [2.75, 3.05) is 18.9 Å². The minimum atomic E-state index is -1.42. The molecule has 0 aliphatic carbocycles. The quantitative estimate of drug-likeness (QED) is 0.184. The van der Waals surface area contributed by atoms with Gasteiger partial charge in [-0.1, -0.05) is 18.2 Å². The number of rotatable bonds is 11. The van der Waals surface area contributed by atoms with E-state index in [4.69, 9.17) is 10.8 Å². The van der Waals surface area contributed by atoms with Crippen LogP contribution in [-0.2, 0) is 25.6 Å². The van der Waals surface area contributed by atoms with Gasteiger partial charge >= 0.3 is 5.97 Å². The molecule has 1 aromatic heterocycles. The highest BCUT2D eigenvalue weighted by molar-refractivity contribution is 7.80. The summed E-state index contributed by atoms with van der Waals surface area (Å²) in [4.78, 5) is 51.1. The summed E-state index contributed by atoms with van der Waals surface area (Å²) in [7, 11) is 0. The van der Waals surface area contributed by atoms with Gasteiger partial charge in [0, 0.05) is 29.3 Å².